The molecule has 0 aromatic carbocycles. The molecule has 3 heteroatoms. The molecule has 3 N–H and O–H groups in total. The SMILES string of the molecule is CC(C)CCC(=O)NC1C(C)(C)C(N)C1(C)C. The van der Waals surface area contributed by atoms with Gasteiger partial charge in [0, 0.05) is 29.3 Å². The minimum atomic E-state index is -0.00299. The van der Waals surface area contributed by atoms with E-state index in [1.165, 1.54) is 0 Å². The van der Waals surface area contributed by atoms with Gasteiger partial charge in [0.2, 0.25) is 5.91 Å². The Morgan fingerprint density at radius 2 is 1.71 bits per heavy atom. The van der Waals surface area contributed by atoms with Crippen molar-refractivity contribution in [3.05, 3.63) is 0 Å². The molecule has 0 unspecified atom stereocenters. The second kappa shape index (κ2) is 4.60. The van der Waals surface area contributed by atoms with E-state index in [4.69, 9.17) is 5.73 Å². The topological polar surface area (TPSA) is 55.1 Å². The average Bonchev–Trinajstić information content (AvgIpc) is 2.21. The van der Waals surface area contributed by atoms with Crippen LogP contribution < -0.4 is 11.1 Å². The third kappa shape index (κ3) is 2.65. The first-order chi connectivity index (χ1) is 7.60. The summed E-state index contributed by atoms with van der Waals surface area (Å²) >= 11 is 0. The molecule has 0 aromatic heterocycles. The van der Waals surface area contributed by atoms with Crippen LogP contribution in [0.5, 0.6) is 0 Å². The molecule has 1 saturated carbocycles. The molecule has 1 aliphatic rings. The van der Waals surface area contributed by atoms with E-state index in [1.807, 2.05) is 0 Å². The predicted molar refractivity (Wildman–Crippen MR) is 71.5 cm³/mol. The van der Waals surface area contributed by atoms with Gasteiger partial charge in [0.1, 0.15) is 0 Å². The van der Waals surface area contributed by atoms with Gasteiger partial charge in [-0.25, -0.2) is 0 Å². The zero-order valence-electron chi connectivity index (χ0n) is 12.1. The Bertz CT molecular complexity index is 279. The molecule has 17 heavy (non-hydrogen) atoms. The van der Waals surface area contributed by atoms with E-state index < -0.39 is 0 Å². The van der Waals surface area contributed by atoms with Crippen LogP contribution in [-0.4, -0.2) is 18.0 Å². The van der Waals surface area contributed by atoms with Crippen LogP contribution in [0.2, 0.25) is 0 Å². The molecule has 1 rings (SSSR count). The fourth-order valence-corrected chi connectivity index (χ4v) is 3.21. The molecule has 0 heterocycles. The zero-order valence-corrected chi connectivity index (χ0v) is 12.1. The number of hydrogen-bond donors (Lipinski definition) is 2. The predicted octanol–water partition coefficient (Wildman–Crippen LogP) is 2.30. The molecule has 0 radical (unpaired) electrons. The molecule has 0 saturated heterocycles. The van der Waals surface area contributed by atoms with Crippen molar-refractivity contribution in [2.45, 2.75) is 66.5 Å². The van der Waals surface area contributed by atoms with Gasteiger partial charge in [0.05, 0.1) is 0 Å². The summed E-state index contributed by atoms with van der Waals surface area (Å²) in [5, 5.41) is 3.16. The van der Waals surface area contributed by atoms with E-state index in [0.29, 0.717) is 12.3 Å². The van der Waals surface area contributed by atoms with E-state index in [2.05, 4.69) is 46.9 Å². The molecular formula is C14H28N2O. The van der Waals surface area contributed by atoms with Crippen molar-refractivity contribution >= 4 is 5.91 Å². The summed E-state index contributed by atoms with van der Waals surface area (Å²) < 4.78 is 0. The standard InChI is InChI=1S/C14H28N2O/c1-9(2)7-8-10(17)16-12-13(3,4)11(15)14(12,5)6/h9,11-12H,7-8,15H2,1-6H3,(H,16,17). The molecule has 100 valence electrons. The second-order valence-electron chi connectivity index (χ2n) is 7.05. The summed E-state index contributed by atoms with van der Waals surface area (Å²) in [4.78, 5) is 11.9. The van der Waals surface area contributed by atoms with Crippen LogP contribution in [0, 0.1) is 16.7 Å². The third-order valence-electron chi connectivity index (χ3n) is 4.35. The Hall–Kier alpha value is -0.570. The number of amides is 1. The van der Waals surface area contributed by atoms with Crippen LogP contribution in [0.1, 0.15) is 54.4 Å². The highest BCUT2D eigenvalue weighted by Crippen LogP contribution is 2.52. The lowest BCUT2D eigenvalue weighted by molar-refractivity contribution is -0.132. The van der Waals surface area contributed by atoms with Gasteiger partial charge in [-0.1, -0.05) is 41.5 Å². The lowest BCUT2D eigenvalue weighted by Crippen LogP contribution is -2.76. The minimum Gasteiger partial charge on any atom is -0.352 e. The van der Waals surface area contributed by atoms with Crippen molar-refractivity contribution in [3.63, 3.8) is 0 Å². The number of rotatable bonds is 4. The molecule has 0 spiro atoms. The van der Waals surface area contributed by atoms with Crippen LogP contribution >= 0.6 is 0 Å². The quantitative estimate of drug-likeness (QED) is 0.792. The summed E-state index contributed by atoms with van der Waals surface area (Å²) in [6.45, 7) is 12.8. The first-order valence-electron chi connectivity index (χ1n) is 6.65. The summed E-state index contributed by atoms with van der Waals surface area (Å²) in [7, 11) is 0. The van der Waals surface area contributed by atoms with Crippen LogP contribution in [-0.2, 0) is 4.79 Å². The molecule has 0 bridgehead atoms. The number of hydrogen-bond acceptors (Lipinski definition) is 2. The van der Waals surface area contributed by atoms with E-state index in [1.54, 1.807) is 0 Å². The largest absolute Gasteiger partial charge is 0.352 e. The monoisotopic (exact) mass is 240 g/mol. The fraction of sp³-hybridized carbons (Fsp3) is 0.929. The maximum atomic E-state index is 11.9. The highest BCUT2D eigenvalue weighted by atomic mass is 16.1. The first-order valence-corrected chi connectivity index (χ1v) is 6.65. The zero-order chi connectivity index (χ0) is 13.4. The normalized spacial score (nSPS) is 29.9. The first kappa shape index (κ1) is 14.5. The van der Waals surface area contributed by atoms with Crippen molar-refractivity contribution in [1.82, 2.24) is 5.32 Å². The molecule has 1 fully saturated rings. The fourth-order valence-electron chi connectivity index (χ4n) is 3.21. The van der Waals surface area contributed by atoms with Crippen molar-refractivity contribution in [3.8, 4) is 0 Å². The van der Waals surface area contributed by atoms with Gasteiger partial charge < -0.3 is 11.1 Å². The maximum absolute atomic E-state index is 11.9. The number of carbonyl (C=O) groups is 1. The van der Waals surface area contributed by atoms with Crippen LogP contribution in [0.3, 0.4) is 0 Å². The van der Waals surface area contributed by atoms with Crippen molar-refractivity contribution in [1.29, 1.82) is 0 Å². The Labute approximate surface area is 106 Å². The van der Waals surface area contributed by atoms with Crippen molar-refractivity contribution in [2.75, 3.05) is 0 Å². The molecule has 0 atom stereocenters. The summed E-state index contributed by atoms with van der Waals surface area (Å²) in [5.41, 5.74) is 6.17. The summed E-state index contributed by atoms with van der Waals surface area (Å²) in [6.07, 6.45) is 1.57. The minimum absolute atomic E-state index is 0.00299. The van der Waals surface area contributed by atoms with E-state index >= 15 is 0 Å². The Kier molecular flexibility index (Phi) is 3.92. The van der Waals surface area contributed by atoms with Gasteiger partial charge in [-0.2, -0.15) is 0 Å². The Balaban J connectivity index is 2.54. The van der Waals surface area contributed by atoms with Gasteiger partial charge >= 0.3 is 0 Å². The van der Waals surface area contributed by atoms with Crippen molar-refractivity contribution in [2.24, 2.45) is 22.5 Å². The second-order valence-corrected chi connectivity index (χ2v) is 7.05. The number of nitrogens with two attached hydrogens (primary N) is 1. The molecular weight excluding hydrogens is 212 g/mol. The van der Waals surface area contributed by atoms with E-state index in [0.717, 1.165) is 6.42 Å². The number of nitrogens with one attached hydrogen (secondary N) is 1. The summed E-state index contributed by atoms with van der Waals surface area (Å²) in [5.74, 6) is 0.738. The highest BCUT2D eigenvalue weighted by molar-refractivity contribution is 5.76. The lowest BCUT2D eigenvalue weighted by atomic mass is 9.48. The smallest absolute Gasteiger partial charge is 0.220 e. The summed E-state index contributed by atoms with van der Waals surface area (Å²) in [6, 6.07) is 0.329. The van der Waals surface area contributed by atoms with E-state index in [9.17, 15) is 4.79 Å². The van der Waals surface area contributed by atoms with Crippen molar-refractivity contribution < 1.29 is 4.79 Å². The third-order valence-corrected chi connectivity index (χ3v) is 4.35. The Morgan fingerprint density at radius 1 is 1.24 bits per heavy atom. The molecule has 0 aromatic rings. The van der Waals surface area contributed by atoms with Gasteiger partial charge in [-0.15, -0.1) is 0 Å². The highest BCUT2D eigenvalue weighted by Gasteiger charge is 2.60. The molecule has 1 aliphatic carbocycles. The maximum Gasteiger partial charge on any atom is 0.220 e. The molecule has 3 nitrogen and oxygen atoms in total. The van der Waals surface area contributed by atoms with Crippen LogP contribution in [0.4, 0.5) is 0 Å². The van der Waals surface area contributed by atoms with Crippen LogP contribution in [0.15, 0.2) is 0 Å². The lowest BCUT2D eigenvalue weighted by Gasteiger charge is -2.62. The van der Waals surface area contributed by atoms with Gasteiger partial charge in [-0.05, 0) is 12.3 Å². The van der Waals surface area contributed by atoms with Gasteiger partial charge in [0.25, 0.3) is 0 Å². The molecule has 1 amide bonds. The van der Waals surface area contributed by atoms with Crippen LogP contribution in [0.25, 0.3) is 0 Å². The number of carbonyl (C=O) groups excluding carboxylic acids is 1. The Morgan fingerprint density at radius 3 is 2.12 bits per heavy atom. The average molecular weight is 240 g/mol. The van der Waals surface area contributed by atoms with E-state index in [-0.39, 0.29) is 28.8 Å². The molecule has 0 aliphatic heterocycles. The van der Waals surface area contributed by atoms with Gasteiger partial charge in [0.15, 0.2) is 0 Å². The van der Waals surface area contributed by atoms with Gasteiger partial charge in [-0.3, -0.25) is 4.79 Å².